The summed E-state index contributed by atoms with van der Waals surface area (Å²) in [4.78, 5) is 8.94. The molecule has 1 unspecified atom stereocenters. The molecule has 1 aromatic rings. The number of aryl methyl sites for hydroxylation is 1. The van der Waals surface area contributed by atoms with Crippen molar-refractivity contribution in [3.8, 4) is 0 Å². The lowest BCUT2D eigenvalue weighted by Gasteiger charge is -2.16. The summed E-state index contributed by atoms with van der Waals surface area (Å²) in [6, 6.07) is 0. The molecule has 1 atom stereocenters. The van der Waals surface area contributed by atoms with Gasteiger partial charge >= 0.3 is 0 Å². The maximum absolute atomic E-state index is 4.49. The second kappa shape index (κ2) is 7.19. The second-order valence-electron chi connectivity index (χ2n) is 4.91. The molecule has 1 aromatic heterocycles. The molecule has 0 bridgehead atoms. The summed E-state index contributed by atoms with van der Waals surface area (Å²) in [5, 5.41) is 6.78. The van der Waals surface area contributed by atoms with E-state index >= 15 is 0 Å². The molecule has 18 heavy (non-hydrogen) atoms. The van der Waals surface area contributed by atoms with Crippen LogP contribution in [0.1, 0.15) is 45.0 Å². The first kappa shape index (κ1) is 14.7. The molecule has 0 spiro atoms. The van der Waals surface area contributed by atoms with Crippen LogP contribution in [0.25, 0.3) is 0 Å². The fourth-order valence-corrected chi connectivity index (χ4v) is 1.63. The van der Waals surface area contributed by atoms with Gasteiger partial charge in [-0.15, -0.1) is 0 Å². The van der Waals surface area contributed by atoms with Crippen LogP contribution in [0, 0.1) is 19.8 Å². The van der Waals surface area contributed by atoms with Crippen molar-refractivity contribution in [1.29, 1.82) is 0 Å². The van der Waals surface area contributed by atoms with E-state index < -0.39 is 0 Å². The Morgan fingerprint density at radius 3 is 2.22 bits per heavy atom. The predicted octanol–water partition coefficient (Wildman–Crippen LogP) is 3.37. The van der Waals surface area contributed by atoms with E-state index in [0.29, 0.717) is 5.92 Å². The van der Waals surface area contributed by atoms with Gasteiger partial charge in [-0.2, -0.15) is 0 Å². The average molecular weight is 250 g/mol. The van der Waals surface area contributed by atoms with Crippen LogP contribution in [0.15, 0.2) is 0 Å². The summed E-state index contributed by atoms with van der Waals surface area (Å²) in [7, 11) is 0. The van der Waals surface area contributed by atoms with Crippen LogP contribution in [0.3, 0.4) is 0 Å². The van der Waals surface area contributed by atoms with Crippen LogP contribution >= 0.6 is 0 Å². The fraction of sp³-hybridized carbons (Fsp3) is 0.714. The molecular formula is C14H26N4. The first-order chi connectivity index (χ1) is 8.58. The van der Waals surface area contributed by atoms with Gasteiger partial charge in [0.15, 0.2) is 0 Å². The molecule has 0 saturated heterocycles. The van der Waals surface area contributed by atoms with Crippen molar-refractivity contribution in [3.05, 3.63) is 11.4 Å². The third kappa shape index (κ3) is 4.17. The number of rotatable bonds is 7. The molecule has 1 rings (SSSR count). The van der Waals surface area contributed by atoms with Gasteiger partial charge in [0.05, 0.1) is 0 Å². The highest BCUT2D eigenvalue weighted by atomic mass is 15.1. The Hall–Kier alpha value is -1.32. The van der Waals surface area contributed by atoms with E-state index in [0.717, 1.165) is 42.5 Å². The lowest BCUT2D eigenvalue weighted by molar-refractivity contribution is 0.592. The van der Waals surface area contributed by atoms with E-state index in [2.05, 4.69) is 48.3 Å². The summed E-state index contributed by atoms with van der Waals surface area (Å²) in [5.74, 6) is 3.38. The summed E-state index contributed by atoms with van der Waals surface area (Å²) in [5.41, 5.74) is 1.11. The Kier molecular flexibility index (Phi) is 5.89. The summed E-state index contributed by atoms with van der Waals surface area (Å²) in [6.07, 6.45) is 2.27. The molecule has 4 nitrogen and oxygen atoms in total. The predicted molar refractivity (Wildman–Crippen MR) is 78.2 cm³/mol. The first-order valence-corrected chi connectivity index (χ1v) is 6.91. The molecule has 0 amide bonds. The number of anilines is 2. The monoisotopic (exact) mass is 250 g/mol. The van der Waals surface area contributed by atoms with Gasteiger partial charge in [-0.1, -0.05) is 27.2 Å². The topological polar surface area (TPSA) is 49.8 Å². The molecule has 0 aliphatic carbocycles. The van der Waals surface area contributed by atoms with Crippen molar-refractivity contribution in [3.63, 3.8) is 0 Å². The Morgan fingerprint density at radius 1 is 1.06 bits per heavy atom. The SMILES string of the molecule is CCCNc1nc(C)nc(NCC(C)CC)c1C. The van der Waals surface area contributed by atoms with Crippen LogP contribution < -0.4 is 10.6 Å². The molecule has 0 aliphatic heterocycles. The van der Waals surface area contributed by atoms with Crippen molar-refractivity contribution in [2.75, 3.05) is 23.7 Å². The lowest BCUT2D eigenvalue weighted by Crippen LogP contribution is -2.15. The van der Waals surface area contributed by atoms with Gasteiger partial charge in [-0.3, -0.25) is 0 Å². The molecule has 102 valence electrons. The number of nitrogens with zero attached hydrogens (tertiary/aromatic N) is 2. The molecule has 0 radical (unpaired) electrons. The smallest absolute Gasteiger partial charge is 0.134 e. The molecule has 0 fully saturated rings. The second-order valence-corrected chi connectivity index (χ2v) is 4.91. The minimum atomic E-state index is 0.659. The number of hydrogen-bond acceptors (Lipinski definition) is 4. The Labute approximate surface area is 111 Å². The zero-order valence-electron chi connectivity index (χ0n) is 12.3. The highest BCUT2D eigenvalue weighted by molar-refractivity contribution is 5.57. The maximum atomic E-state index is 4.49. The van der Waals surface area contributed by atoms with Crippen molar-refractivity contribution >= 4 is 11.6 Å². The molecule has 0 aliphatic rings. The molecule has 4 heteroatoms. The van der Waals surface area contributed by atoms with Gasteiger partial charge < -0.3 is 10.6 Å². The van der Waals surface area contributed by atoms with Crippen molar-refractivity contribution < 1.29 is 0 Å². The number of aromatic nitrogens is 2. The Balaban J connectivity index is 2.80. The van der Waals surface area contributed by atoms with Gasteiger partial charge in [-0.05, 0) is 26.2 Å². The van der Waals surface area contributed by atoms with Gasteiger partial charge in [-0.25, -0.2) is 9.97 Å². The third-order valence-corrected chi connectivity index (χ3v) is 3.11. The molecular weight excluding hydrogens is 224 g/mol. The van der Waals surface area contributed by atoms with Gasteiger partial charge in [0.25, 0.3) is 0 Å². The molecule has 0 saturated carbocycles. The minimum Gasteiger partial charge on any atom is -0.370 e. The Morgan fingerprint density at radius 2 is 1.67 bits per heavy atom. The number of nitrogens with one attached hydrogen (secondary N) is 2. The van der Waals surface area contributed by atoms with Gasteiger partial charge in [0, 0.05) is 18.7 Å². The van der Waals surface area contributed by atoms with E-state index in [1.54, 1.807) is 0 Å². The normalized spacial score (nSPS) is 12.3. The zero-order chi connectivity index (χ0) is 13.5. The average Bonchev–Trinajstić information content (AvgIpc) is 2.37. The van der Waals surface area contributed by atoms with Crippen molar-refractivity contribution in [2.24, 2.45) is 5.92 Å². The highest BCUT2D eigenvalue weighted by Crippen LogP contribution is 2.20. The van der Waals surface area contributed by atoms with E-state index in [4.69, 9.17) is 0 Å². The molecule has 0 aromatic carbocycles. The number of hydrogen-bond donors (Lipinski definition) is 2. The highest BCUT2D eigenvalue weighted by Gasteiger charge is 2.09. The van der Waals surface area contributed by atoms with Gasteiger partial charge in [0.2, 0.25) is 0 Å². The van der Waals surface area contributed by atoms with Crippen LogP contribution in [-0.4, -0.2) is 23.1 Å². The Bertz CT molecular complexity index is 376. The van der Waals surface area contributed by atoms with Crippen LogP contribution in [0.4, 0.5) is 11.6 Å². The summed E-state index contributed by atoms with van der Waals surface area (Å²) in [6.45, 7) is 12.5. The van der Waals surface area contributed by atoms with E-state index in [-0.39, 0.29) is 0 Å². The van der Waals surface area contributed by atoms with E-state index in [1.165, 1.54) is 6.42 Å². The zero-order valence-corrected chi connectivity index (χ0v) is 12.3. The van der Waals surface area contributed by atoms with Crippen LogP contribution in [0.2, 0.25) is 0 Å². The molecule has 2 N–H and O–H groups in total. The summed E-state index contributed by atoms with van der Waals surface area (Å²) >= 11 is 0. The largest absolute Gasteiger partial charge is 0.370 e. The standard InChI is InChI=1S/C14H26N4/c1-6-8-15-13-11(4)14(18-12(5)17-13)16-9-10(3)7-2/h10H,6-9H2,1-5H3,(H2,15,16,17,18). The van der Waals surface area contributed by atoms with Gasteiger partial charge in [0.1, 0.15) is 17.5 Å². The van der Waals surface area contributed by atoms with E-state index in [1.807, 2.05) is 6.92 Å². The fourth-order valence-electron chi connectivity index (χ4n) is 1.63. The molecule has 1 heterocycles. The van der Waals surface area contributed by atoms with Crippen molar-refractivity contribution in [2.45, 2.75) is 47.5 Å². The maximum Gasteiger partial charge on any atom is 0.134 e. The third-order valence-electron chi connectivity index (χ3n) is 3.11. The van der Waals surface area contributed by atoms with Crippen molar-refractivity contribution in [1.82, 2.24) is 9.97 Å². The van der Waals surface area contributed by atoms with Crippen LogP contribution in [0.5, 0.6) is 0 Å². The lowest BCUT2D eigenvalue weighted by atomic mass is 10.1. The quantitative estimate of drug-likeness (QED) is 0.779. The first-order valence-electron chi connectivity index (χ1n) is 6.91. The van der Waals surface area contributed by atoms with Crippen LogP contribution in [-0.2, 0) is 0 Å². The van der Waals surface area contributed by atoms with E-state index in [9.17, 15) is 0 Å². The summed E-state index contributed by atoms with van der Waals surface area (Å²) < 4.78 is 0. The minimum absolute atomic E-state index is 0.659.